The van der Waals surface area contributed by atoms with Crippen molar-refractivity contribution in [2.24, 2.45) is 0 Å². The maximum atomic E-state index is 4.49. The van der Waals surface area contributed by atoms with Crippen molar-refractivity contribution in [2.45, 2.75) is 52.6 Å². The van der Waals surface area contributed by atoms with E-state index < -0.39 is 0 Å². The highest BCUT2D eigenvalue weighted by Crippen LogP contribution is 2.23. The molecule has 2 nitrogen and oxygen atoms in total. The lowest BCUT2D eigenvalue weighted by Crippen LogP contribution is -2.25. The molecule has 0 saturated carbocycles. The zero-order valence-corrected chi connectivity index (χ0v) is 17.7. The lowest BCUT2D eigenvalue weighted by atomic mass is 9.87. The molecule has 2 aromatic carbocycles. The van der Waals surface area contributed by atoms with E-state index in [1.165, 1.54) is 22.3 Å². The van der Waals surface area contributed by atoms with Gasteiger partial charge in [-0.05, 0) is 41.2 Å². The van der Waals surface area contributed by atoms with Crippen molar-refractivity contribution in [2.75, 3.05) is 6.54 Å². The maximum absolute atomic E-state index is 4.49. The van der Waals surface area contributed by atoms with Crippen LogP contribution in [0.15, 0.2) is 72.9 Å². The predicted molar refractivity (Wildman–Crippen MR) is 118 cm³/mol. The summed E-state index contributed by atoms with van der Waals surface area (Å²) < 4.78 is 0. The molecule has 0 fully saturated rings. The molecule has 3 aromatic rings. The summed E-state index contributed by atoms with van der Waals surface area (Å²) in [5.41, 5.74) is 6.78. The van der Waals surface area contributed by atoms with Crippen molar-refractivity contribution in [3.05, 3.63) is 101 Å². The van der Waals surface area contributed by atoms with Gasteiger partial charge in [0.2, 0.25) is 0 Å². The van der Waals surface area contributed by atoms with Crippen molar-refractivity contribution in [3.8, 4) is 0 Å². The fraction of sp³-hybridized carbons (Fsp3) is 0.346. The first-order valence-corrected chi connectivity index (χ1v) is 10.2. The summed E-state index contributed by atoms with van der Waals surface area (Å²) in [5, 5.41) is 0. The van der Waals surface area contributed by atoms with Crippen LogP contribution in [0.25, 0.3) is 0 Å². The predicted octanol–water partition coefficient (Wildman–Crippen LogP) is 5.93. The monoisotopic (exact) mass is 372 g/mol. The van der Waals surface area contributed by atoms with Crippen LogP contribution in [-0.4, -0.2) is 16.4 Å². The highest BCUT2D eigenvalue weighted by Gasteiger charge is 2.14. The van der Waals surface area contributed by atoms with Gasteiger partial charge in [-0.2, -0.15) is 0 Å². The van der Waals surface area contributed by atoms with E-state index in [2.05, 4.69) is 98.2 Å². The number of nitrogens with zero attached hydrogens (tertiary/aromatic N) is 2. The van der Waals surface area contributed by atoms with E-state index in [0.717, 1.165) is 31.7 Å². The molecule has 0 aliphatic carbocycles. The van der Waals surface area contributed by atoms with E-state index in [4.69, 9.17) is 0 Å². The molecule has 28 heavy (non-hydrogen) atoms. The van der Waals surface area contributed by atoms with Crippen molar-refractivity contribution in [1.29, 1.82) is 0 Å². The van der Waals surface area contributed by atoms with Crippen molar-refractivity contribution >= 4 is 0 Å². The van der Waals surface area contributed by atoms with Crippen molar-refractivity contribution < 1.29 is 0 Å². The lowest BCUT2D eigenvalue weighted by molar-refractivity contribution is 0.259. The molecule has 0 radical (unpaired) electrons. The fourth-order valence-electron chi connectivity index (χ4n) is 3.47. The number of aromatic nitrogens is 1. The number of rotatable bonds is 7. The molecule has 0 aliphatic rings. The van der Waals surface area contributed by atoms with Gasteiger partial charge in [0.1, 0.15) is 0 Å². The van der Waals surface area contributed by atoms with Gasteiger partial charge in [0, 0.05) is 37.9 Å². The Morgan fingerprint density at radius 1 is 0.821 bits per heavy atom. The van der Waals surface area contributed by atoms with E-state index >= 15 is 0 Å². The van der Waals surface area contributed by atoms with Gasteiger partial charge in [-0.15, -0.1) is 0 Å². The summed E-state index contributed by atoms with van der Waals surface area (Å²) in [7, 11) is 0. The van der Waals surface area contributed by atoms with Gasteiger partial charge in [0.15, 0.2) is 0 Å². The number of benzene rings is 2. The summed E-state index contributed by atoms with van der Waals surface area (Å²) >= 11 is 0. The largest absolute Gasteiger partial charge is 0.294 e. The SMILES string of the molecule is Cc1cccc(CN(CCc2ccccn2)Cc2ccc(C(C)(C)C)cc2)c1. The molecule has 0 atom stereocenters. The standard InChI is InChI=1S/C26H32N2/c1-21-8-7-9-23(18-21)20-28(17-15-25-10-5-6-16-27-25)19-22-11-13-24(14-12-22)26(2,3)4/h5-14,16,18H,15,17,19-20H2,1-4H3. The first-order valence-electron chi connectivity index (χ1n) is 10.2. The third-order valence-corrected chi connectivity index (χ3v) is 5.13. The molecule has 0 bridgehead atoms. The fourth-order valence-corrected chi connectivity index (χ4v) is 3.47. The minimum atomic E-state index is 0.193. The van der Waals surface area contributed by atoms with Crippen LogP contribution in [0.2, 0.25) is 0 Å². The van der Waals surface area contributed by atoms with Gasteiger partial charge in [0.05, 0.1) is 0 Å². The second-order valence-corrected chi connectivity index (χ2v) is 8.72. The van der Waals surface area contributed by atoms with Gasteiger partial charge in [-0.1, -0.05) is 80.9 Å². The molecular weight excluding hydrogens is 340 g/mol. The van der Waals surface area contributed by atoms with Gasteiger partial charge in [0.25, 0.3) is 0 Å². The summed E-state index contributed by atoms with van der Waals surface area (Å²) in [6.45, 7) is 11.8. The second-order valence-electron chi connectivity index (χ2n) is 8.72. The molecule has 0 N–H and O–H groups in total. The van der Waals surface area contributed by atoms with E-state index in [9.17, 15) is 0 Å². The van der Waals surface area contributed by atoms with Crippen LogP contribution in [0, 0.1) is 6.92 Å². The number of pyridine rings is 1. The molecule has 1 heterocycles. The van der Waals surface area contributed by atoms with E-state index in [-0.39, 0.29) is 5.41 Å². The minimum absolute atomic E-state index is 0.193. The highest BCUT2D eigenvalue weighted by molar-refractivity contribution is 5.28. The van der Waals surface area contributed by atoms with Gasteiger partial charge < -0.3 is 0 Å². The van der Waals surface area contributed by atoms with Crippen molar-refractivity contribution in [1.82, 2.24) is 9.88 Å². The molecule has 3 rings (SSSR count). The zero-order valence-electron chi connectivity index (χ0n) is 17.7. The summed E-state index contributed by atoms with van der Waals surface area (Å²) in [6.07, 6.45) is 2.85. The number of aryl methyl sites for hydroxylation is 1. The van der Waals surface area contributed by atoms with Crippen LogP contribution >= 0.6 is 0 Å². The van der Waals surface area contributed by atoms with Crippen molar-refractivity contribution in [3.63, 3.8) is 0 Å². The van der Waals surface area contributed by atoms with Crippen LogP contribution in [0.5, 0.6) is 0 Å². The second kappa shape index (κ2) is 9.16. The average Bonchev–Trinajstić information content (AvgIpc) is 2.67. The lowest BCUT2D eigenvalue weighted by Gasteiger charge is -2.24. The van der Waals surface area contributed by atoms with Crippen LogP contribution in [0.3, 0.4) is 0 Å². The molecule has 146 valence electrons. The van der Waals surface area contributed by atoms with Crippen LogP contribution in [0.1, 0.15) is 48.7 Å². The first-order chi connectivity index (χ1) is 13.4. The molecule has 0 saturated heterocycles. The molecule has 0 spiro atoms. The Morgan fingerprint density at radius 2 is 1.57 bits per heavy atom. The summed E-state index contributed by atoms with van der Waals surface area (Å²) in [6, 6.07) is 24.1. The Hall–Kier alpha value is -2.45. The Morgan fingerprint density at radius 3 is 2.21 bits per heavy atom. The molecule has 1 aromatic heterocycles. The third-order valence-electron chi connectivity index (χ3n) is 5.13. The number of hydrogen-bond acceptors (Lipinski definition) is 2. The van der Waals surface area contributed by atoms with E-state index in [1.54, 1.807) is 0 Å². The molecule has 2 heteroatoms. The molecule has 0 unspecified atom stereocenters. The van der Waals surface area contributed by atoms with Crippen LogP contribution < -0.4 is 0 Å². The Labute approximate surface area is 170 Å². The first kappa shape index (κ1) is 20.3. The quantitative estimate of drug-likeness (QED) is 0.511. The van der Waals surface area contributed by atoms with E-state index in [1.807, 2.05) is 12.3 Å². The Kier molecular flexibility index (Phi) is 6.64. The summed E-state index contributed by atoms with van der Waals surface area (Å²) in [4.78, 5) is 7.01. The Balaban J connectivity index is 1.73. The summed E-state index contributed by atoms with van der Waals surface area (Å²) in [5.74, 6) is 0. The topological polar surface area (TPSA) is 16.1 Å². The van der Waals surface area contributed by atoms with Crippen LogP contribution in [0.4, 0.5) is 0 Å². The average molecular weight is 373 g/mol. The van der Waals surface area contributed by atoms with Gasteiger partial charge in [-0.25, -0.2) is 0 Å². The molecular formula is C26H32N2. The van der Waals surface area contributed by atoms with Crippen LogP contribution in [-0.2, 0) is 24.9 Å². The minimum Gasteiger partial charge on any atom is -0.294 e. The normalized spacial score (nSPS) is 11.8. The molecule has 0 amide bonds. The molecule has 0 aliphatic heterocycles. The van der Waals surface area contributed by atoms with Gasteiger partial charge >= 0.3 is 0 Å². The highest BCUT2D eigenvalue weighted by atomic mass is 15.1. The number of hydrogen-bond donors (Lipinski definition) is 0. The third kappa shape index (κ3) is 6.03. The smallest absolute Gasteiger partial charge is 0.0416 e. The van der Waals surface area contributed by atoms with E-state index in [0.29, 0.717) is 0 Å². The Bertz CT molecular complexity index is 861. The van der Waals surface area contributed by atoms with Gasteiger partial charge in [-0.3, -0.25) is 9.88 Å². The maximum Gasteiger partial charge on any atom is 0.0416 e. The zero-order chi connectivity index (χ0) is 20.0.